The van der Waals surface area contributed by atoms with Gasteiger partial charge in [-0.2, -0.15) is 4.79 Å². The summed E-state index contributed by atoms with van der Waals surface area (Å²) in [7, 11) is 0. The van der Waals surface area contributed by atoms with E-state index < -0.39 is 0 Å². The third kappa shape index (κ3) is 7.56. The van der Waals surface area contributed by atoms with Gasteiger partial charge in [0.05, 0.1) is 11.9 Å². The van der Waals surface area contributed by atoms with Crippen LogP contribution < -0.4 is 5.01 Å². The standard InChI is InChI=1S/C16H30N4O3/c1-2-9-16(23)19(11-6-3-4-7-12-21)20-14-15(17-18-20)10-5-8-13-22/h14,21-22H,2-13H2,1H3. The Morgan fingerprint density at radius 1 is 1.13 bits per heavy atom. The molecule has 0 aliphatic rings. The molecule has 2 N–H and O–H groups in total. The molecule has 0 aromatic carbocycles. The highest BCUT2D eigenvalue weighted by molar-refractivity contribution is 5.85. The van der Waals surface area contributed by atoms with Crippen LogP contribution in [0.4, 0.5) is 0 Å². The Morgan fingerprint density at radius 2 is 1.83 bits per heavy atom. The topological polar surface area (TPSA) is 91.5 Å². The SMILES string of the molecule is CCCC(=O)N(CCCCCCO)n1cc(CCCCO)nn1. The fourth-order valence-electron chi connectivity index (χ4n) is 2.35. The summed E-state index contributed by atoms with van der Waals surface area (Å²) in [6, 6.07) is 0. The smallest absolute Gasteiger partial charge is 0.242 e. The number of aromatic nitrogens is 3. The Morgan fingerprint density at radius 3 is 2.52 bits per heavy atom. The summed E-state index contributed by atoms with van der Waals surface area (Å²) in [4.78, 5) is 13.9. The quantitative estimate of drug-likeness (QED) is 0.535. The summed E-state index contributed by atoms with van der Waals surface area (Å²) in [6.45, 7) is 3.00. The zero-order chi connectivity index (χ0) is 16.9. The first-order chi connectivity index (χ1) is 11.2. The minimum Gasteiger partial charge on any atom is -0.396 e. The number of hydrogen-bond donors (Lipinski definition) is 2. The molecule has 0 aliphatic heterocycles. The van der Waals surface area contributed by atoms with Crippen LogP contribution >= 0.6 is 0 Å². The van der Waals surface area contributed by atoms with Gasteiger partial charge in [-0.1, -0.05) is 19.8 Å². The molecule has 0 radical (unpaired) electrons. The van der Waals surface area contributed by atoms with Gasteiger partial charge in [0, 0.05) is 26.2 Å². The van der Waals surface area contributed by atoms with Crippen LogP contribution in [0.25, 0.3) is 0 Å². The van der Waals surface area contributed by atoms with E-state index in [2.05, 4.69) is 10.3 Å². The average molecular weight is 326 g/mol. The van der Waals surface area contributed by atoms with E-state index in [0.717, 1.165) is 57.1 Å². The molecule has 1 heterocycles. The van der Waals surface area contributed by atoms with Gasteiger partial charge in [-0.05, 0) is 43.7 Å². The largest absolute Gasteiger partial charge is 0.396 e. The van der Waals surface area contributed by atoms with E-state index in [1.807, 2.05) is 6.92 Å². The molecule has 132 valence electrons. The molecule has 0 bridgehead atoms. The Labute approximate surface area is 138 Å². The zero-order valence-electron chi connectivity index (χ0n) is 14.2. The first-order valence-corrected chi connectivity index (χ1v) is 8.66. The van der Waals surface area contributed by atoms with Gasteiger partial charge < -0.3 is 10.2 Å². The highest BCUT2D eigenvalue weighted by Gasteiger charge is 2.16. The van der Waals surface area contributed by atoms with E-state index in [0.29, 0.717) is 13.0 Å². The van der Waals surface area contributed by atoms with Crippen LogP contribution in [0.5, 0.6) is 0 Å². The second kappa shape index (κ2) is 12.0. The molecule has 1 aromatic rings. The van der Waals surface area contributed by atoms with Gasteiger partial charge in [0.15, 0.2) is 0 Å². The maximum Gasteiger partial charge on any atom is 0.242 e. The van der Waals surface area contributed by atoms with Gasteiger partial charge in [0.1, 0.15) is 0 Å². The van der Waals surface area contributed by atoms with Crippen molar-refractivity contribution >= 4 is 5.91 Å². The molecule has 0 aliphatic carbocycles. The van der Waals surface area contributed by atoms with E-state index >= 15 is 0 Å². The number of aliphatic hydroxyl groups excluding tert-OH is 2. The van der Waals surface area contributed by atoms with Gasteiger partial charge >= 0.3 is 0 Å². The Balaban J connectivity index is 2.58. The monoisotopic (exact) mass is 326 g/mol. The molecule has 23 heavy (non-hydrogen) atoms. The Hall–Kier alpha value is -1.47. The van der Waals surface area contributed by atoms with Crippen LogP contribution in [-0.4, -0.2) is 51.0 Å². The van der Waals surface area contributed by atoms with Crippen molar-refractivity contribution in [3.8, 4) is 0 Å². The molecule has 1 rings (SSSR count). The molecule has 0 atom stereocenters. The van der Waals surface area contributed by atoms with E-state index in [-0.39, 0.29) is 19.1 Å². The Bertz CT molecular complexity index is 437. The van der Waals surface area contributed by atoms with Crippen LogP contribution in [0, 0.1) is 0 Å². The molecule has 0 fully saturated rings. The van der Waals surface area contributed by atoms with E-state index in [9.17, 15) is 4.79 Å². The zero-order valence-corrected chi connectivity index (χ0v) is 14.2. The minimum atomic E-state index is 0.0569. The number of unbranched alkanes of at least 4 members (excludes halogenated alkanes) is 4. The first kappa shape index (κ1) is 19.6. The van der Waals surface area contributed by atoms with E-state index in [1.165, 1.54) is 0 Å². The number of aliphatic hydroxyl groups is 2. The number of aryl methyl sites for hydroxylation is 1. The normalized spacial score (nSPS) is 10.9. The lowest BCUT2D eigenvalue weighted by molar-refractivity contribution is -0.120. The molecule has 1 amide bonds. The van der Waals surface area contributed by atoms with Crippen molar-refractivity contribution in [2.45, 2.75) is 64.7 Å². The van der Waals surface area contributed by atoms with Crippen LogP contribution in [-0.2, 0) is 11.2 Å². The van der Waals surface area contributed by atoms with Crippen LogP contribution in [0.2, 0.25) is 0 Å². The molecule has 0 saturated heterocycles. The summed E-state index contributed by atoms with van der Waals surface area (Å²) >= 11 is 0. The van der Waals surface area contributed by atoms with E-state index in [4.69, 9.17) is 10.2 Å². The predicted molar refractivity (Wildman–Crippen MR) is 88.6 cm³/mol. The van der Waals surface area contributed by atoms with Crippen molar-refractivity contribution in [2.24, 2.45) is 0 Å². The summed E-state index contributed by atoms with van der Waals surface area (Å²) in [5.74, 6) is 0.0569. The fourth-order valence-corrected chi connectivity index (χ4v) is 2.35. The van der Waals surface area contributed by atoms with Crippen LogP contribution in [0.1, 0.15) is 64.0 Å². The van der Waals surface area contributed by atoms with Crippen molar-refractivity contribution in [2.75, 3.05) is 24.8 Å². The van der Waals surface area contributed by atoms with Gasteiger partial charge in [0.2, 0.25) is 5.91 Å². The van der Waals surface area contributed by atoms with Gasteiger partial charge in [-0.25, -0.2) is 5.01 Å². The fraction of sp³-hybridized carbons (Fsp3) is 0.812. The molecule has 7 nitrogen and oxygen atoms in total. The second-order valence-electron chi connectivity index (χ2n) is 5.72. The molecule has 7 heteroatoms. The summed E-state index contributed by atoms with van der Waals surface area (Å²) < 4.78 is 0. The number of rotatable bonds is 13. The van der Waals surface area contributed by atoms with Crippen molar-refractivity contribution in [3.63, 3.8) is 0 Å². The first-order valence-electron chi connectivity index (χ1n) is 8.66. The lowest BCUT2D eigenvalue weighted by Crippen LogP contribution is -2.41. The van der Waals surface area contributed by atoms with Crippen molar-refractivity contribution in [1.82, 2.24) is 15.1 Å². The number of carbonyl (C=O) groups is 1. The van der Waals surface area contributed by atoms with Gasteiger partial charge in [-0.3, -0.25) is 4.79 Å². The minimum absolute atomic E-state index is 0.0569. The van der Waals surface area contributed by atoms with Crippen molar-refractivity contribution in [3.05, 3.63) is 11.9 Å². The second-order valence-corrected chi connectivity index (χ2v) is 5.72. The lowest BCUT2D eigenvalue weighted by Gasteiger charge is -2.21. The summed E-state index contributed by atoms with van der Waals surface area (Å²) in [5, 5.41) is 27.5. The van der Waals surface area contributed by atoms with Crippen molar-refractivity contribution in [1.29, 1.82) is 0 Å². The van der Waals surface area contributed by atoms with Gasteiger partial charge in [-0.15, -0.1) is 5.10 Å². The van der Waals surface area contributed by atoms with Crippen molar-refractivity contribution < 1.29 is 15.0 Å². The van der Waals surface area contributed by atoms with Crippen LogP contribution in [0.15, 0.2) is 6.20 Å². The third-order valence-electron chi connectivity index (χ3n) is 3.65. The molecule has 0 unspecified atom stereocenters. The van der Waals surface area contributed by atoms with E-state index in [1.54, 1.807) is 16.0 Å². The highest BCUT2D eigenvalue weighted by Crippen LogP contribution is 2.06. The molecule has 1 aromatic heterocycles. The lowest BCUT2D eigenvalue weighted by atomic mass is 10.2. The molecular weight excluding hydrogens is 296 g/mol. The number of carbonyl (C=O) groups excluding carboxylic acids is 1. The van der Waals surface area contributed by atoms with Gasteiger partial charge in [0.25, 0.3) is 0 Å². The third-order valence-corrected chi connectivity index (χ3v) is 3.65. The molecular formula is C16H30N4O3. The number of hydrogen-bond acceptors (Lipinski definition) is 5. The average Bonchev–Trinajstić information content (AvgIpc) is 3.00. The summed E-state index contributed by atoms with van der Waals surface area (Å²) in [6.07, 6.45) is 9.11. The maximum absolute atomic E-state index is 12.3. The molecule has 0 spiro atoms. The maximum atomic E-state index is 12.3. The molecule has 0 saturated carbocycles. The summed E-state index contributed by atoms with van der Waals surface area (Å²) in [5.41, 5.74) is 0.841. The highest BCUT2D eigenvalue weighted by atomic mass is 16.3. The number of amides is 1. The predicted octanol–water partition coefficient (Wildman–Crippen LogP) is 1.41. The van der Waals surface area contributed by atoms with Crippen LogP contribution in [0.3, 0.4) is 0 Å². The Kier molecular flexibility index (Phi) is 10.2. The number of nitrogens with zero attached hydrogens (tertiary/aromatic N) is 4.